The Morgan fingerprint density at radius 3 is 2.62 bits per heavy atom. The van der Waals surface area contributed by atoms with Crippen LogP contribution in [-0.4, -0.2) is 20.4 Å². The van der Waals surface area contributed by atoms with Gasteiger partial charge in [0.15, 0.2) is 0 Å². The SMILES string of the molecule is Cc1cc(C=Nn2c(C)nc3ccc(Br)cc3c2=O)c(C)n1-c1ccccc1F. The summed E-state index contributed by atoms with van der Waals surface area (Å²) in [7, 11) is 0. The average molecular weight is 453 g/mol. The summed E-state index contributed by atoms with van der Waals surface area (Å²) in [5.41, 5.74) is 3.36. The number of fused-ring (bicyclic) bond motifs is 1. The Balaban J connectivity index is 1.81. The van der Waals surface area contributed by atoms with Crippen molar-refractivity contribution in [3.8, 4) is 5.69 Å². The Labute approximate surface area is 175 Å². The van der Waals surface area contributed by atoms with Crippen molar-refractivity contribution in [2.75, 3.05) is 0 Å². The second kappa shape index (κ2) is 7.40. The summed E-state index contributed by atoms with van der Waals surface area (Å²) in [4.78, 5) is 17.3. The molecule has 0 aliphatic rings. The zero-order valence-electron chi connectivity index (χ0n) is 16.1. The minimum atomic E-state index is -0.297. The molecule has 2 aromatic heterocycles. The minimum Gasteiger partial charge on any atom is -0.315 e. The summed E-state index contributed by atoms with van der Waals surface area (Å²) in [6.45, 7) is 5.54. The van der Waals surface area contributed by atoms with Gasteiger partial charge in [0.2, 0.25) is 0 Å². The van der Waals surface area contributed by atoms with Crippen molar-refractivity contribution in [1.82, 2.24) is 14.2 Å². The highest BCUT2D eigenvalue weighted by atomic mass is 79.9. The molecule has 2 aromatic carbocycles. The number of rotatable bonds is 3. The predicted molar refractivity (Wildman–Crippen MR) is 117 cm³/mol. The fourth-order valence-corrected chi connectivity index (χ4v) is 3.80. The van der Waals surface area contributed by atoms with Crippen LogP contribution in [-0.2, 0) is 0 Å². The summed E-state index contributed by atoms with van der Waals surface area (Å²) in [5.74, 6) is 0.193. The number of hydrogen-bond donors (Lipinski definition) is 0. The van der Waals surface area contributed by atoms with Crippen molar-refractivity contribution in [3.05, 3.63) is 92.0 Å². The number of aromatic nitrogens is 3. The van der Waals surface area contributed by atoms with Crippen molar-refractivity contribution in [3.63, 3.8) is 0 Å². The maximum atomic E-state index is 14.3. The zero-order valence-corrected chi connectivity index (χ0v) is 17.7. The molecule has 2 heterocycles. The third-order valence-corrected chi connectivity index (χ3v) is 5.34. The second-order valence-electron chi connectivity index (χ2n) is 6.80. The highest BCUT2D eigenvalue weighted by Gasteiger charge is 2.13. The van der Waals surface area contributed by atoms with Gasteiger partial charge in [-0.2, -0.15) is 9.78 Å². The van der Waals surface area contributed by atoms with E-state index in [9.17, 15) is 9.18 Å². The molecule has 7 heteroatoms. The lowest BCUT2D eigenvalue weighted by atomic mass is 10.2. The molecule has 0 radical (unpaired) electrons. The molecule has 29 heavy (non-hydrogen) atoms. The first-order valence-corrected chi connectivity index (χ1v) is 9.83. The topological polar surface area (TPSA) is 52.2 Å². The van der Waals surface area contributed by atoms with Gasteiger partial charge in [-0.05, 0) is 57.2 Å². The maximum Gasteiger partial charge on any atom is 0.282 e. The fraction of sp³-hybridized carbons (Fsp3) is 0.136. The van der Waals surface area contributed by atoms with Crippen molar-refractivity contribution in [1.29, 1.82) is 0 Å². The van der Waals surface area contributed by atoms with E-state index in [1.54, 1.807) is 43.5 Å². The quantitative estimate of drug-likeness (QED) is 0.415. The number of nitrogens with zero attached hydrogens (tertiary/aromatic N) is 4. The highest BCUT2D eigenvalue weighted by molar-refractivity contribution is 9.10. The van der Waals surface area contributed by atoms with E-state index in [-0.39, 0.29) is 11.4 Å². The molecule has 0 bridgehead atoms. The first-order chi connectivity index (χ1) is 13.9. The molecule has 0 saturated carbocycles. The van der Waals surface area contributed by atoms with Gasteiger partial charge in [-0.3, -0.25) is 4.79 Å². The molecular weight excluding hydrogens is 435 g/mol. The van der Waals surface area contributed by atoms with E-state index < -0.39 is 0 Å². The number of halogens is 2. The van der Waals surface area contributed by atoms with E-state index in [0.717, 1.165) is 21.4 Å². The first kappa shape index (κ1) is 19.3. The van der Waals surface area contributed by atoms with Gasteiger partial charge in [-0.1, -0.05) is 28.1 Å². The lowest BCUT2D eigenvalue weighted by molar-refractivity contribution is 0.616. The van der Waals surface area contributed by atoms with Crippen molar-refractivity contribution < 1.29 is 4.39 Å². The Morgan fingerprint density at radius 2 is 1.86 bits per heavy atom. The Hall–Kier alpha value is -3.06. The van der Waals surface area contributed by atoms with Crippen LogP contribution in [0.25, 0.3) is 16.6 Å². The summed E-state index contributed by atoms with van der Waals surface area (Å²) in [6.07, 6.45) is 1.61. The van der Waals surface area contributed by atoms with E-state index in [0.29, 0.717) is 22.4 Å². The molecule has 0 saturated heterocycles. The van der Waals surface area contributed by atoms with Crippen molar-refractivity contribution in [2.24, 2.45) is 5.10 Å². The maximum absolute atomic E-state index is 14.3. The second-order valence-corrected chi connectivity index (χ2v) is 7.71. The Kier molecular flexibility index (Phi) is 4.92. The van der Waals surface area contributed by atoms with Gasteiger partial charge in [0.05, 0.1) is 22.8 Å². The number of benzene rings is 2. The molecule has 0 fully saturated rings. The van der Waals surface area contributed by atoms with Gasteiger partial charge in [0, 0.05) is 21.4 Å². The molecule has 4 aromatic rings. The molecule has 0 amide bonds. The van der Waals surface area contributed by atoms with Crippen LogP contribution in [0.15, 0.2) is 62.9 Å². The van der Waals surface area contributed by atoms with E-state index in [1.807, 2.05) is 30.5 Å². The lowest BCUT2D eigenvalue weighted by Crippen LogP contribution is -2.20. The smallest absolute Gasteiger partial charge is 0.282 e. The number of hydrogen-bond acceptors (Lipinski definition) is 3. The van der Waals surface area contributed by atoms with Crippen LogP contribution in [0.1, 0.15) is 22.8 Å². The molecule has 0 N–H and O–H groups in total. The average Bonchev–Trinajstić information content (AvgIpc) is 2.96. The third kappa shape index (κ3) is 3.42. The van der Waals surface area contributed by atoms with Crippen LogP contribution in [0.5, 0.6) is 0 Å². The van der Waals surface area contributed by atoms with E-state index in [2.05, 4.69) is 26.0 Å². The lowest BCUT2D eigenvalue weighted by Gasteiger charge is -2.10. The van der Waals surface area contributed by atoms with Crippen LogP contribution in [0.3, 0.4) is 0 Å². The highest BCUT2D eigenvalue weighted by Crippen LogP contribution is 2.22. The summed E-state index contributed by atoms with van der Waals surface area (Å²) in [5, 5.41) is 4.87. The fourth-order valence-electron chi connectivity index (χ4n) is 3.44. The Bertz CT molecular complexity index is 1340. The molecule has 0 aliphatic heterocycles. The summed E-state index contributed by atoms with van der Waals surface area (Å²) >= 11 is 3.39. The first-order valence-electron chi connectivity index (χ1n) is 9.04. The third-order valence-electron chi connectivity index (χ3n) is 4.85. The van der Waals surface area contributed by atoms with Crippen molar-refractivity contribution in [2.45, 2.75) is 20.8 Å². The monoisotopic (exact) mass is 452 g/mol. The zero-order chi connectivity index (χ0) is 20.7. The van der Waals surface area contributed by atoms with Gasteiger partial charge in [0.1, 0.15) is 11.6 Å². The molecule has 146 valence electrons. The van der Waals surface area contributed by atoms with E-state index >= 15 is 0 Å². The van der Waals surface area contributed by atoms with Gasteiger partial charge in [-0.25, -0.2) is 9.37 Å². The molecule has 5 nitrogen and oxygen atoms in total. The van der Waals surface area contributed by atoms with Crippen LogP contribution in [0.4, 0.5) is 4.39 Å². The molecule has 4 rings (SSSR count). The largest absolute Gasteiger partial charge is 0.315 e. The van der Waals surface area contributed by atoms with Gasteiger partial charge in [0.25, 0.3) is 5.56 Å². The van der Waals surface area contributed by atoms with Crippen LogP contribution >= 0.6 is 15.9 Å². The van der Waals surface area contributed by atoms with E-state index in [1.165, 1.54) is 10.7 Å². The van der Waals surface area contributed by atoms with Crippen molar-refractivity contribution >= 4 is 33.0 Å². The minimum absolute atomic E-state index is 0.243. The van der Waals surface area contributed by atoms with Gasteiger partial charge >= 0.3 is 0 Å². The standard InChI is InChI=1S/C22H18BrFN4O/c1-13-10-16(14(2)27(13)21-7-5-4-6-19(21)24)12-25-28-15(3)26-20-9-8-17(23)11-18(20)22(28)29/h4-12H,1-3H3. The Morgan fingerprint density at radius 1 is 1.10 bits per heavy atom. The van der Waals surface area contributed by atoms with Crippen LogP contribution in [0, 0.1) is 26.6 Å². The molecule has 0 unspecified atom stereocenters. The van der Waals surface area contributed by atoms with E-state index in [4.69, 9.17) is 0 Å². The van der Waals surface area contributed by atoms with Crippen LogP contribution < -0.4 is 5.56 Å². The normalized spacial score (nSPS) is 11.6. The van der Waals surface area contributed by atoms with Gasteiger partial charge in [-0.15, -0.1) is 0 Å². The number of aryl methyl sites for hydroxylation is 2. The molecule has 0 aliphatic carbocycles. The molecule has 0 spiro atoms. The molecule has 0 atom stereocenters. The summed E-state index contributed by atoms with van der Waals surface area (Å²) < 4.78 is 18.2. The molecular formula is C22H18BrFN4O. The van der Waals surface area contributed by atoms with Gasteiger partial charge < -0.3 is 4.57 Å². The predicted octanol–water partition coefficient (Wildman–Crippen LogP) is 4.90. The summed E-state index contributed by atoms with van der Waals surface area (Å²) in [6, 6.07) is 13.9. The number of para-hydroxylation sites is 1. The van der Waals surface area contributed by atoms with Crippen LogP contribution in [0.2, 0.25) is 0 Å².